The Bertz CT molecular complexity index is 296. The van der Waals surface area contributed by atoms with Gasteiger partial charge in [0.25, 0.3) is 0 Å². The predicted octanol–water partition coefficient (Wildman–Crippen LogP) is 3.18. The van der Waals surface area contributed by atoms with E-state index in [1.54, 1.807) is 30.3 Å². The average molecular weight is 208 g/mol. The molecule has 1 aromatic carbocycles. The maximum atomic E-state index is 11.6. The Morgan fingerprint density at radius 2 is 1.69 bits per heavy atom. The van der Waals surface area contributed by atoms with Gasteiger partial charge in [-0.2, -0.15) is 0 Å². The first-order chi connectivity index (χ1) is 6.20. The predicted molar refractivity (Wildman–Crippen MR) is 42.1 cm³/mol. The zero-order valence-electron chi connectivity index (χ0n) is 6.52. The first kappa shape index (κ1) is 10.3. The van der Waals surface area contributed by atoms with Crippen LogP contribution in [0.1, 0.15) is 5.56 Å². The SMILES string of the molecule is O=P(Cc1ccccc1)(OF)OF. The largest absolute Gasteiger partial charge is 0.399 e. The van der Waals surface area contributed by atoms with Gasteiger partial charge >= 0.3 is 7.60 Å². The van der Waals surface area contributed by atoms with Crippen LogP contribution in [-0.4, -0.2) is 0 Å². The number of rotatable bonds is 4. The van der Waals surface area contributed by atoms with Crippen LogP contribution in [0.15, 0.2) is 30.3 Å². The minimum Gasteiger partial charge on any atom is -0.254 e. The monoisotopic (exact) mass is 208 g/mol. The minimum absolute atomic E-state index is 0.430. The Morgan fingerprint density at radius 1 is 1.15 bits per heavy atom. The van der Waals surface area contributed by atoms with Crippen LogP contribution < -0.4 is 0 Å². The molecule has 0 N–H and O–H groups in total. The summed E-state index contributed by atoms with van der Waals surface area (Å²) < 4.78 is 40.0. The molecule has 0 aliphatic heterocycles. The third-order valence-electron chi connectivity index (χ3n) is 1.43. The second-order valence-corrected chi connectivity index (χ2v) is 4.21. The van der Waals surface area contributed by atoms with Crippen LogP contribution in [0.3, 0.4) is 0 Å². The average Bonchev–Trinajstić information content (AvgIpc) is 2.19. The molecule has 0 aliphatic rings. The smallest absolute Gasteiger partial charge is 0.254 e. The van der Waals surface area contributed by atoms with Crippen molar-refractivity contribution in [2.45, 2.75) is 6.16 Å². The topological polar surface area (TPSA) is 35.5 Å². The normalized spacial score (nSPS) is 11.5. The van der Waals surface area contributed by atoms with Gasteiger partial charge in [-0.1, -0.05) is 30.3 Å². The van der Waals surface area contributed by atoms with E-state index in [0.29, 0.717) is 5.56 Å². The van der Waals surface area contributed by atoms with E-state index in [1.165, 1.54) is 0 Å². The molecule has 1 aromatic rings. The van der Waals surface area contributed by atoms with E-state index in [-0.39, 0.29) is 0 Å². The first-order valence-corrected chi connectivity index (χ1v) is 5.16. The van der Waals surface area contributed by atoms with Gasteiger partial charge in [0.2, 0.25) is 0 Å². The zero-order chi connectivity index (χ0) is 9.73. The van der Waals surface area contributed by atoms with Crippen molar-refractivity contribution < 1.29 is 23.1 Å². The molecule has 0 aromatic heterocycles. The Morgan fingerprint density at radius 3 is 2.15 bits per heavy atom. The molecule has 0 radical (unpaired) electrons. The van der Waals surface area contributed by atoms with Crippen LogP contribution in [0.4, 0.5) is 9.05 Å². The van der Waals surface area contributed by atoms with E-state index in [2.05, 4.69) is 9.46 Å². The fourth-order valence-electron chi connectivity index (χ4n) is 0.866. The van der Waals surface area contributed by atoms with Gasteiger partial charge in [0, 0.05) is 0 Å². The molecule has 0 aliphatic carbocycles. The second kappa shape index (κ2) is 4.46. The Balaban J connectivity index is 2.74. The summed E-state index contributed by atoms with van der Waals surface area (Å²) in [6.45, 7) is 0. The molecule has 0 bridgehead atoms. The summed E-state index contributed by atoms with van der Waals surface area (Å²) in [6, 6.07) is 8.14. The molecule has 0 amide bonds. The van der Waals surface area contributed by atoms with Gasteiger partial charge in [0.05, 0.1) is 6.16 Å². The standard InChI is InChI=1S/C7H7F2O3P/c8-11-13(10,12-9)6-7-4-2-1-3-5-7/h1-5H,6H2. The highest BCUT2D eigenvalue weighted by Crippen LogP contribution is 2.51. The van der Waals surface area contributed by atoms with Gasteiger partial charge in [0.15, 0.2) is 0 Å². The van der Waals surface area contributed by atoms with Gasteiger partial charge in [-0.05, 0) is 14.6 Å². The zero-order valence-corrected chi connectivity index (χ0v) is 7.42. The van der Waals surface area contributed by atoms with Crippen LogP contribution in [0.5, 0.6) is 0 Å². The molecule has 0 heterocycles. The highest BCUT2D eigenvalue weighted by Gasteiger charge is 2.27. The molecule has 72 valence electrons. The van der Waals surface area contributed by atoms with Crippen molar-refractivity contribution in [3.8, 4) is 0 Å². The first-order valence-electron chi connectivity index (χ1n) is 3.44. The van der Waals surface area contributed by atoms with Crippen molar-refractivity contribution >= 4 is 7.60 Å². The van der Waals surface area contributed by atoms with Crippen molar-refractivity contribution in [1.82, 2.24) is 0 Å². The Kier molecular flexibility index (Phi) is 3.54. The number of hydrogen-bond acceptors (Lipinski definition) is 3. The van der Waals surface area contributed by atoms with Gasteiger partial charge in [0.1, 0.15) is 0 Å². The van der Waals surface area contributed by atoms with E-state index in [0.717, 1.165) is 0 Å². The maximum absolute atomic E-state index is 11.6. The van der Waals surface area contributed by atoms with Gasteiger partial charge in [-0.3, -0.25) is 4.57 Å². The fourth-order valence-corrected chi connectivity index (χ4v) is 1.64. The Labute approximate surface area is 73.6 Å². The van der Waals surface area contributed by atoms with Crippen LogP contribution in [0.2, 0.25) is 0 Å². The summed E-state index contributed by atoms with van der Waals surface area (Å²) in [6.07, 6.45) is -0.430. The summed E-state index contributed by atoms with van der Waals surface area (Å²) in [5, 5.41) is 0. The van der Waals surface area contributed by atoms with Crippen molar-refractivity contribution in [1.29, 1.82) is 0 Å². The number of halogens is 2. The van der Waals surface area contributed by atoms with E-state index >= 15 is 0 Å². The lowest BCUT2D eigenvalue weighted by Crippen LogP contribution is -1.88. The summed E-state index contributed by atoms with van der Waals surface area (Å²) in [5.74, 6) is 0. The van der Waals surface area contributed by atoms with Crippen LogP contribution in [0.25, 0.3) is 0 Å². The van der Waals surface area contributed by atoms with E-state index in [9.17, 15) is 13.6 Å². The van der Waals surface area contributed by atoms with Crippen LogP contribution >= 0.6 is 7.60 Å². The lowest BCUT2D eigenvalue weighted by Gasteiger charge is -2.05. The van der Waals surface area contributed by atoms with E-state index in [1.807, 2.05) is 0 Å². The minimum atomic E-state index is -4.24. The van der Waals surface area contributed by atoms with Gasteiger partial charge in [-0.25, -0.2) is 0 Å². The molecule has 0 spiro atoms. The summed E-state index contributed by atoms with van der Waals surface area (Å²) in [5.41, 5.74) is 0.473. The maximum Gasteiger partial charge on any atom is 0.399 e. The lowest BCUT2D eigenvalue weighted by atomic mass is 10.2. The molecule has 13 heavy (non-hydrogen) atoms. The highest BCUT2D eigenvalue weighted by atomic mass is 31.2. The van der Waals surface area contributed by atoms with Gasteiger partial charge < -0.3 is 0 Å². The second-order valence-electron chi connectivity index (χ2n) is 2.39. The molecule has 0 saturated heterocycles. The molecule has 0 atom stereocenters. The lowest BCUT2D eigenvalue weighted by molar-refractivity contribution is -0.0881. The molecule has 0 unspecified atom stereocenters. The third kappa shape index (κ3) is 2.88. The van der Waals surface area contributed by atoms with Crippen molar-refractivity contribution in [3.05, 3.63) is 35.9 Å². The molecule has 1 rings (SSSR count). The fraction of sp³-hybridized carbons (Fsp3) is 0.143. The molecular weight excluding hydrogens is 201 g/mol. The van der Waals surface area contributed by atoms with Crippen LogP contribution in [-0.2, 0) is 20.2 Å². The molecule has 3 nitrogen and oxygen atoms in total. The highest BCUT2D eigenvalue weighted by molar-refractivity contribution is 7.52. The number of hydrogen-bond donors (Lipinski definition) is 0. The van der Waals surface area contributed by atoms with Crippen molar-refractivity contribution in [3.63, 3.8) is 0 Å². The van der Waals surface area contributed by atoms with Crippen molar-refractivity contribution in [2.75, 3.05) is 0 Å². The van der Waals surface area contributed by atoms with Crippen LogP contribution in [0, 0.1) is 0 Å². The van der Waals surface area contributed by atoms with Crippen molar-refractivity contribution in [2.24, 2.45) is 0 Å². The van der Waals surface area contributed by atoms with Gasteiger partial charge in [-0.15, -0.1) is 9.46 Å². The summed E-state index contributed by atoms with van der Waals surface area (Å²) in [7, 11) is -4.24. The summed E-state index contributed by atoms with van der Waals surface area (Å²) >= 11 is 0. The Hall–Kier alpha value is -0.770. The van der Waals surface area contributed by atoms with E-state index in [4.69, 9.17) is 0 Å². The molecular formula is C7H7F2O3P. The molecule has 0 saturated carbocycles. The quantitative estimate of drug-likeness (QED) is 0.712. The summed E-state index contributed by atoms with van der Waals surface area (Å²) in [4.78, 5) is 0. The van der Waals surface area contributed by atoms with E-state index < -0.39 is 13.8 Å². The molecule has 0 fully saturated rings. The number of benzene rings is 1. The third-order valence-corrected chi connectivity index (χ3v) is 2.60. The molecule has 6 heteroatoms.